The van der Waals surface area contributed by atoms with Crippen molar-refractivity contribution in [2.45, 2.75) is 37.7 Å². The lowest BCUT2D eigenvalue weighted by molar-refractivity contribution is -0.0727. The lowest BCUT2D eigenvalue weighted by Gasteiger charge is -2.29. The highest BCUT2D eigenvalue weighted by Crippen LogP contribution is 2.57. The molecule has 1 aromatic rings. The quantitative estimate of drug-likeness (QED) is 0.793. The maximum absolute atomic E-state index is 13.4. The molecule has 1 saturated carbocycles. The van der Waals surface area contributed by atoms with Gasteiger partial charge < -0.3 is 4.74 Å². The van der Waals surface area contributed by atoms with Crippen LogP contribution in [0, 0.1) is 11.7 Å². The first-order valence-electron chi connectivity index (χ1n) is 7.67. The van der Waals surface area contributed by atoms with Gasteiger partial charge in [-0.25, -0.2) is 9.36 Å². The van der Waals surface area contributed by atoms with Gasteiger partial charge in [0.2, 0.25) is 5.82 Å². The van der Waals surface area contributed by atoms with Crippen molar-refractivity contribution in [1.29, 1.82) is 0 Å². The second-order valence-electron chi connectivity index (χ2n) is 6.13. The van der Waals surface area contributed by atoms with Crippen LogP contribution in [-0.2, 0) is 22.9 Å². The molecule has 4 rings (SSSR count). The lowest BCUT2D eigenvalue weighted by Crippen LogP contribution is -2.34. The highest BCUT2D eigenvalue weighted by molar-refractivity contribution is 7.48. The topological polar surface area (TPSA) is 109 Å². The van der Waals surface area contributed by atoms with Crippen molar-refractivity contribution in [1.82, 2.24) is 9.55 Å². The predicted octanol–water partition coefficient (Wildman–Crippen LogP) is 0.913. The summed E-state index contributed by atoms with van der Waals surface area (Å²) < 4.78 is 48.3. The van der Waals surface area contributed by atoms with E-state index in [0.717, 1.165) is 23.6 Å². The van der Waals surface area contributed by atoms with Crippen LogP contribution in [0.1, 0.15) is 25.5 Å². The number of rotatable bonds is 4. The van der Waals surface area contributed by atoms with E-state index in [-0.39, 0.29) is 13.0 Å². The first kappa shape index (κ1) is 16.2. The highest BCUT2D eigenvalue weighted by atomic mass is 31.2. The molecule has 0 spiro atoms. The number of phosphoric ester groups is 1. The van der Waals surface area contributed by atoms with Crippen molar-refractivity contribution >= 4 is 7.82 Å². The largest absolute Gasteiger partial charge is 0.475 e. The molecule has 3 fully saturated rings. The molecule has 1 aliphatic carbocycles. The van der Waals surface area contributed by atoms with Gasteiger partial charge in [0, 0.05) is 6.42 Å². The van der Waals surface area contributed by atoms with E-state index in [1.807, 2.05) is 4.98 Å². The fourth-order valence-corrected chi connectivity index (χ4v) is 4.19. The van der Waals surface area contributed by atoms with Gasteiger partial charge in [-0.15, -0.1) is 0 Å². The molecule has 2 saturated heterocycles. The monoisotopic (exact) mass is 362 g/mol. The van der Waals surface area contributed by atoms with Crippen LogP contribution in [0.2, 0.25) is 0 Å². The van der Waals surface area contributed by atoms with Gasteiger partial charge in [-0.1, -0.05) is 0 Å². The van der Waals surface area contributed by atoms with Crippen LogP contribution in [0.15, 0.2) is 15.8 Å². The number of H-pyrrole nitrogens is 1. The van der Waals surface area contributed by atoms with E-state index in [2.05, 4.69) is 0 Å². The van der Waals surface area contributed by atoms with Crippen molar-refractivity contribution in [3.63, 3.8) is 0 Å². The number of nitrogens with zero attached hydrogens (tertiary/aromatic N) is 1. The predicted molar refractivity (Wildman–Crippen MR) is 76.9 cm³/mol. The van der Waals surface area contributed by atoms with Crippen molar-refractivity contribution < 1.29 is 27.3 Å². The first-order valence-corrected chi connectivity index (χ1v) is 9.13. The third-order valence-corrected chi connectivity index (χ3v) is 5.70. The Balaban J connectivity index is 1.48. The van der Waals surface area contributed by atoms with Crippen LogP contribution in [-0.4, -0.2) is 35.0 Å². The molecule has 0 amide bonds. The molecular weight excluding hydrogens is 346 g/mol. The third-order valence-electron chi connectivity index (χ3n) is 4.24. The Labute approximate surface area is 135 Å². The number of aromatic nitrogens is 2. The molecule has 3 heterocycles. The van der Waals surface area contributed by atoms with Crippen molar-refractivity contribution in [2.24, 2.45) is 5.92 Å². The summed E-state index contributed by atoms with van der Waals surface area (Å²) in [5.74, 6) is -0.695. The zero-order valence-electron chi connectivity index (χ0n) is 12.6. The van der Waals surface area contributed by atoms with E-state index in [0.29, 0.717) is 12.5 Å². The van der Waals surface area contributed by atoms with E-state index in [1.165, 1.54) is 0 Å². The smallest absolute Gasteiger partial charge is 0.349 e. The Bertz CT molecular complexity index is 804. The Kier molecular flexibility index (Phi) is 3.97. The number of phosphoric acid groups is 1. The molecule has 1 N–H and O–H groups in total. The zero-order chi connectivity index (χ0) is 16.9. The number of hydrogen-bond donors (Lipinski definition) is 1. The van der Waals surface area contributed by atoms with Crippen LogP contribution < -0.4 is 11.2 Å². The van der Waals surface area contributed by atoms with Gasteiger partial charge in [-0.05, 0) is 18.8 Å². The first-order chi connectivity index (χ1) is 11.4. The van der Waals surface area contributed by atoms with Gasteiger partial charge >= 0.3 is 13.5 Å². The molecule has 0 aromatic carbocycles. The van der Waals surface area contributed by atoms with E-state index >= 15 is 0 Å². The van der Waals surface area contributed by atoms with Crippen LogP contribution in [0.4, 0.5) is 4.39 Å². The van der Waals surface area contributed by atoms with Crippen LogP contribution >= 0.6 is 7.82 Å². The molecule has 9 nitrogen and oxygen atoms in total. The molecule has 0 radical (unpaired) electrons. The van der Waals surface area contributed by atoms with Crippen LogP contribution in [0.3, 0.4) is 0 Å². The van der Waals surface area contributed by atoms with E-state index in [9.17, 15) is 18.5 Å². The minimum absolute atomic E-state index is 0.0102. The van der Waals surface area contributed by atoms with Gasteiger partial charge in [-0.2, -0.15) is 4.39 Å². The summed E-state index contributed by atoms with van der Waals surface area (Å²) in [5, 5.41) is 0. The summed E-state index contributed by atoms with van der Waals surface area (Å²) in [6.07, 6.45) is 1.02. The van der Waals surface area contributed by atoms with Gasteiger partial charge in [-0.3, -0.25) is 27.9 Å². The summed E-state index contributed by atoms with van der Waals surface area (Å²) in [5.41, 5.74) is -1.89. The Hall–Kier alpha value is -1.32. The summed E-state index contributed by atoms with van der Waals surface area (Å²) in [7, 11) is -3.64. The summed E-state index contributed by atoms with van der Waals surface area (Å²) in [6.45, 7) is 0.313. The zero-order valence-corrected chi connectivity index (χ0v) is 13.4. The highest BCUT2D eigenvalue weighted by Gasteiger charge is 2.48. The third kappa shape index (κ3) is 3.12. The van der Waals surface area contributed by atoms with Crippen molar-refractivity contribution in [2.75, 3.05) is 13.2 Å². The molecule has 4 atom stereocenters. The molecule has 0 bridgehead atoms. The minimum atomic E-state index is -3.64. The van der Waals surface area contributed by atoms with Gasteiger partial charge in [0.05, 0.1) is 19.4 Å². The molecule has 132 valence electrons. The second-order valence-corrected chi connectivity index (χ2v) is 7.76. The summed E-state index contributed by atoms with van der Waals surface area (Å²) in [6, 6.07) is 0. The Morgan fingerprint density at radius 3 is 2.92 bits per heavy atom. The average Bonchev–Trinajstić information content (AvgIpc) is 3.28. The Morgan fingerprint density at radius 1 is 1.38 bits per heavy atom. The second kappa shape index (κ2) is 5.89. The van der Waals surface area contributed by atoms with Crippen LogP contribution in [0.5, 0.6) is 0 Å². The summed E-state index contributed by atoms with van der Waals surface area (Å²) in [4.78, 5) is 24.8. The summed E-state index contributed by atoms with van der Waals surface area (Å²) >= 11 is 0. The molecule has 11 heteroatoms. The lowest BCUT2D eigenvalue weighted by atomic mass is 10.2. The minimum Gasteiger partial charge on any atom is -0.349 e. The number of aromatic amines is 1. The molecule has 2 aliphatic heterocycles. The number of hydrogen-bond acceptors (Lipinski definition) is 7. The van der Waals surface area contributed by atoms with Gasteiger partial charge in [0.1, 0.15) is 18.4 Å². The maximum atomic E-state index is 13.4. The molecular formula is C13H16FN2O7P. The van der Waals surface area contributed by atoms with Gasteiger partial charge in [0.15, 0.2) is 0 Å². The fraction of sp³-hybridized carbons (Fsp3) is 0.692. The average molecular weight is 362 g/mol. The number of fused-ring (bicyclic) bond motifs is 1. The van der Waals surface area contributed by atoms with E-state index in [4.69, 9.17) is 18.3 Å². The number of halogens is 1. The fourth-order valence-electron chi connectivity index (χ4n) is 2.72. The van der Waals surface area contributed by atoms with Crippen LogP contribution in [0.25, 0.3) is 0 Å². The van der Waals surface area contributed by atoms with E-state index < -0.39 is 43.3 Å². The SMILES string of the molecule is O=c1[nH]c(=O)n([C@@H]2C[C@@H]3OP(=O)(OCC4CC4)OC[C@H]3O2)cc1F. The van der Waals surface area contributed by atoms with Crippen molar-refractivity contribution in [3.05, 3.63) is 32.9 Å². The van der Waals surface area contributed by atoms with Crippen molar-refractivity contribution in [3.8, 4) is 0 Å². The molecule has 3 aliphatic rings. The van der Waals surface area contributed by atoms with Gasteiger partial charge in [0.25, 0.3) is 5.56 Å². The molecule has 1 unspecified atom stereocenters. The Morgan fingerprint density at radius 2 is 2.17 bits per heavy atom. The number of nitrogens with one attached hydrogen (secondary N) is 1. The molecule has 24 heavy (non-hydrogen) atoms. The normalized spacial score (nSPS) is 35.8. The number of ether oxygens (including phenoxy) is 1. The maximum Gasteiger partial charge on any atom is 0.475 e. The molecule has 1 aromatic heterocycles. The standard InChI is InChI=1S/C13H16FN2O7P/c14-8-4-16(13(18)15-12(8)17)11-3-9-10(22-11)6-21-24(19,23-9)20-5-7-1-2-7/h4,7,9-11H,1-3,5-6H2,(H,15,17,18)/t9-,10+,11-,24?/m0/s1. The van der Waals surface area contributed by atoms with E-state index in [1.54, 1.807) is 0 Å².